The largest absolute Gasteiger partial charge is 0.369 e. The minimum Gasteiger partial charge on any atom is -0.369 e. The number of thiophene rings is 1. The smallest absolute Gasteiger partial charge is 0.148 e. The molecule has 1 N–H and O–H groups in total. The Bertz CT molecular complexity index is 575. The maximum absolute atomic E-state index is 5.96. The summed E-state index contributed by atoms with van der Waals surface area (Å²) in [4.78, 5) is 11.9. The van der Waals surface area contributed by atoms with Crippen LogP contribution in [0.15, 0.2) is 22.9 Å². The van der Waals surface area contributed by atoms with Gasteiger partial charge in [0.1, 0.15) is 22.4 Å². The molecule has 0 amide bonds. The van der Waals surface area contributed by atoms with Crippen molar-refractivity contribution in [2.24, 2.45) is 0 Å². The van der Waals surface area contributed by atoms with Gasteiger partial charge in [0.05, 0.1) is 10.9 Å². The summed E-state index contributed by atoms with van der Waals surface area (Å²) in [6, 6.07) is 3.95. The van der Waals surface area contributed by atoms with Gasteiger partial charge >= 0.3 is 0 Å². The van der Waals surface area contributed by atoms with Crippen molar-refractivity contribution in [3.05, 3.63) is 32.1 Å². The number of halogens is 2. The van der Waals surface area contributed by atoms with Crippen LogP contribution in [0.25, 0.3) is 0 Å². The number of hydrogen-bond acceptors (Lipinski definition) is 5. The predicted octanol–water partition coefficient (Wildman–Crippen LogP) is 4.41. The standard InChI is InChI=1S/C13H16BrClN4S/c1-3-6-16-12-11(14)13(18-8-17-12)19(2)7-9-4-5-10(15)20-9/h4-5,8H,3,6-7H2,1-2H3,(H,16,17,18). The Morgan fingerprint density at radius 3 is 2.85 bits per heavy atom. The SMILES string of the molecule is CCCNc1ncnc(N(C)Cc2ccc(Cl)s2)c1Br. The van der Waals surface area contributed by atoms with Gasteiger partial charge in [0.2, 0.25) is 0 Å². The first-order chi connectivity index (χ1) is 9.61. The molecular formula is C13H16BrClN4S. The van der Waals surface area contributed by atoms with E-state index >= 15 is 0 Å². The number of rotatable bonds is 6. The van der Waals surface area contributed by atoms with Gasteiger partial charge in [-0.05, 0) is 34.5 Å². The summed E-state index contributed by atoms with van der Waals surface area (Å²) in [6.07, 6.45) is 2.63. The molecule has 0 saturated heterocycles. The van der Waals surface area contributed by atoms with Crippen LogP contribution in [0.4, 0.5) is 11.6 Å². The summed E-state index contributed by atoms with van der Waals surface area (Å²) < 4.78 is 1.69. The second-order valence-electron chi connectivity index (χ2n) is 4.35. The number of nitrogens with one attached hydrogen (secondary N) is 1. The molecule has 2 aromatic rings. The molecule has 4 nitrogen and oxygen atoms in total. The molecule has 0 aromatic carbocycles. The lowest BCUT2D eigenvalue weighted by molar-refractivity contribution is 0.894. The zero-order valence-electron chi connectivity index (χ0n) is 11.4. The van der Waals surface area contributed by atoms with E-state index in [-0.39, 0.29) is 0 Å². The fourth-order valence-electron chi connectivity index (χ4n) is 1.74. The van der Waals surface area contributed by atoms with E-state index in [4.69, 9.17) is 11.6 Å². The van der Waals surface area contributed by atoms with Gasteiger partial charge in [-0.3, -0.25) is 0 Å². The average Bonchev–Trinajstić information content (AvgIpc) is 2.83. The van der Waals surface area contributed by atoms with Crippen molar-refractivity contribution in [1.29, 1.82) is 0 Å². The van der Waals surface area contributed by atoms with Crippen LogP contribution in [-0.2, 0) is 6.54 Å². The summed E-state index contributed by atoms with van der Waals surface area (Å²) in [7, 11) is 2.00. The van der Waals surface area contributed by atoms with Gasteiger partial charge in [-0.1, -0.05) is 18.5 Å². The van der Waals surface area contributed by atoms with Gasteiger partial charge in [0, 0.05) is 18.5 Å². The van der Waals surface area contributed by atoms with Crippen LogP contribution in [0.2, 0.25) is 4.34 Å². The van der Waals surface area contributed by atoms with Crippen molar-refractivity contribution in [2.75, 3.05) is 23.8 Å². The van der Waals surface area contributed by atoms with E-state index in [0.29, 0.717) is 0 Å². The molecule has 0 atom stereocenters. The summed E-state index contributed by atoms with van der Waals surface area (Å²) in [5.74, 6) is 1.69. The van der Waals surface area contributed by atoms with Crippen LogP contribution < -0.4 is 10.2 Å². The number of anilines is 2. The Morgan fingerprint density at radius 1 is 1.40 bits per heavy atom. The quantitative estimate of drug-likeness (QED) is 0.812. The van der Waals surface area contributed by atoms with Crippen molar-refractivity contribution >= 4 is 50.5 Å². The molecular weight excluding hydrogens is 360 g/mol. The predicted molar refractivity (Wildman–Crippen MR) is 89.9 cm³/mol. The van der Waals surface area contributed by atoms with Crippen LogP contribution in [0.1, 0.15) is 18.2 Å². The maximum atomic E-state index is 5.96. The number of aromatic nitrogens is 2. The molecule has 0 unspecified atom stereocenters. The molecule has 20 heavy (non-hydrogen) atoms. The normalized spacial score (nSPS) is 10.6. The van der Waals surface area contributed by atoms with E-state index in [1.54, 1.807) is 17.7 Å². The van der Waals surface area contributed by atoms with Crippen molar-refractivity contribution in [1.82, 2.24) is 9.97 Å². The van der Waals surface area contributed by atoms with Crippen molar-refractivity contribution in [3.8, 4) is 0 Å². The third-order valence-electron chi connectivity index (χ3n) is 2.70. The average molecular weight is 376 g/mol. The zero-order valence-corrected chi connectivity index (χ0v) is 14.5. The fourth-order valence-corrected chi connectivity index (χ4v) is 3.53. The highest BCUT2D eigenvalue weighted by molar-refractivity contribution is 9.10. The van der Waals surface area contributed by atoms with Gasteiger partial charge in [0.25, 0.3) is 0 Å². The van der Waals surface area contributed by atoms with Crippen molar-refractivity contribution in [2.45, 2.75) is 19.9 Å². The lowest BCUT2D eigenvalue weighted by Crippen LogP contribution is -2.18. The summed E-state index contributed by atoms with van der Waals surface area (Å²) in [6.45, 7) is 3.77. The number of nitrogens with zero attached hydrogens (tertiary/aromatic N) is 3. The first-order valence-electron chi connectivity index (χ1n) is 6.31. The molecule has 0 fully saturated rings. The van der Waals surface area contributed by atoms with E-state index in [2.05, 4.69) is 43.0 Å². The minimum atomic E-state index is 0.764. The Kier molecular flexibility index (Phi) is 5.63. The van der Waals surface area contributed by atoms with Crippen LogP contribution >= 0.6 is 38.9 Å². The molecule has 0 aliphatic heterocycles. The van der Waals surface area contributed by atoms with E-state index < -0.39 is 0 Å². The third-order valence-corrected chi connectivity index (χ3v) is 4.64. The summed E-state index contributed by atoms with van der Waals surface area (Å²) in [5.41, 5.74) is 0. The molecule has 2 heterocycles. The summed E-state index contributed by atoms with van der Waals surface area (Å²) >= 11 is 11.1. The topological polar surface area (TPSA) is 41.1 Å². The highest BCUT2D eigenvalue weighted by Gasteiger charge is 2.13. The van der Waals surface area contributed by atoms with E-state index in [9.17, 15) is 0 Å². The van der Waals surface area contributed by atoms with Crippen LogP contribution in [-0.4, -0.2) is 23.6 Å². The van der Waals surface area contributed by atoms with Gasteiger partial charge in [-0.2, -0.15) is 0 Å². The monoisotopic (exact) mass is 374 g/mol. The maximum Gasteiger partial charge on any atom is 0.148 e. The van der Waals surface area contributed by atoms with Gasteiger partial charge in [-0.25, -0.2) is 9.97 Å². The highest BCUT2D eigenvalue weighted by Crippen LogP contribution is 2.30. The molecule has 2 aromatic heterocycles. The van der Waals surface area contributed by atoms with Crippen LogP contribution in [0, 0.1) is 0 Å². The Labute approximate surface area is 136 Å². The zero-order chi connectivity index (χ0) is 14.5. The Morgan fingerprint density at radius 2 is 2.20 bits per heavy atom. The van der Waals surface area contributed by atoms with Crippen molar-refractivity contribution in [3.63, 3.8) is 0 Å². The highest BCUT2D eigenvalue weighted by atomic mass is 79.9. The molecule has 0 aliphatic carbocycles. The Hall–Kier alpha value is -0.850. The molecule has 0 spiro atoms. The molecule has 0 aliphatic rings. The molecule has 2 rings (SSSR count). The number of hydrogen-bond donors (Lipinski definition) is 1. The lowest BCUT2D eigenvalue weighted by Gasteiger charge is -2.19. The molecule has 108 valence electrons. The van der Waals surface area contributed by atoms with Gasteiger partial charge in [0.15, 0.2) is 0 Å². The lowest BCUT2D eigenvalue weighted by atomic mass is 10.4. The fraction of sp³-hybridized carbons (Fsp3) is 0.385. The van der Waals surface area contributed by atoms with E-state index in [0.717, 1.165) is 40.0 Å². The molecule has 0 radical (unpaired) electrons. The van der Waals surface area contributed by atoms with Gasteiger partial charge in [-0.15, -0.1) is 11.3 Å². The Balaban J connectivity index is 2.14. The van der Waals surface area contributed by atoms with Crippen molar-refractivity contribution < 1.29 is 0 Å². The van der Waals surface area contributed by atoms with Gasteiger partial charge < -0.3 is 10.2 Å². The molecule has 7 heteroatoms. The van der Waals surface area contributed by atoms with E-state index in [1.807, 2.05) is 19.2 Å². The summed E-state index contributed by atoms with van der Waals surface area (Å²) in [5, 5.41) is 3.28. The second-order valence-corrected chi connectivity index (χ2v) is 6.94. The second kappa shape index (κ2) is 7.24. The molecule has 0 bridgehead atoms. The minimum absolute atomic E-state index is 0.764. The first-order valence-corrected chi connectivity index (χ1v) is 8.30. The van der Waals surface area contributed by atoms with E-state index in [1.165, 1.54) is 4.88 Å². The molecule has 0 saturated carbocycles. The third kappa shape index (κ3) is 3.84. The van der Waals surface area contributed by atoms with Crippen LogP contribution in [0.3, 0.4) is 0 Å². The van der Waals surface area contributed by atoms with Crippen LogP contribution in [0.5, 0.6) is 0 Å². The first kappa shape index (κ1) is 15.5.